The first-order valence-corrected chi connectivity index (χ1v) is 4.93. The van der Waals surface area contributed by atoms with E-state index in [2.05, 4.69) is 0 Å². The smallest absolute Gasteiger partial charge is 0.311 e. The van der Waals surface area contributed by atoms with E-state index in [1.807, 2.05) is 13.8 Å². The predicted molar refractivity (Wildman–Crippen MR) is 47.1 cm³/mol. The number of carbonyl (C=O) groups is 1. The van der Waals surface area contributed by atoms with Crippen molar-refractivity contribution in [1.29, 1.82) is 0 Å². The molecule has 13 heavy (non-hydrogen) atoms. The third-order valence-corrected chi connectivity index (χ3v) is 2.70. The molecule has 0 N–H and O–H groups in total. The standard InChI is InChI=1S/C10H16O3/c1-9(2)7-8(11)12-10(13-9)5-3-4-6-10/h3-7H2,1-2H3. The van der Waals surface area contributed by atoms with Crippen LogP contribution in [0.3, 0.4) is 0 Å². The van der Waals surface area contributed by atoms with E-state index >= 15 is 0 Å². The van der Waals surface area contributed by atoms with Crippen molar-refractivity contribution in [2.45, 2.75) is 57.3 Å². The van der Waals surface area contributed by atoms with Crippen LogP contribution in [0.15, 0.2) is 0 Å². The van der Waals surface area contributed by atoms with E-state index in [1.165, 1.54) is 0 Å². The summed E-state index contributed by atoms with van der Waals surface area (Å²) in [7, 11) is 0. The Morgan fingerprint density at radius 2 is 1.85 bits per heavy atom. The van der Waals surface area contributed by atoms with Crippen LogP contribution in [0.1, 0.15) is 46.0 Å². The summed E-state index contributed by atoms with van der Waals surface area (Å²) in [5, 5.41) is 0. The third kappa shape index (κ3) is 1.70. The lowest BCUT2D eigenvalue weighted by Gasteiger charge is -2.41. The molecular formula is C10H16O3. The molecule has 2 aliphatic rings. The highest BCUT2D eigenvalue weighted by molar-refractivity contribution is 5.71. The van der Waals surface area contributed by atoms with E-state index in [0.29, 0.717) is 6.42 Å². The lowest BCUT2D eigenvalue weighted by Crippen LogP contribution is -2.49. The molecule has 3 nitrogen and oxygen atoms in total. The average molecular weight is 184 g/mol. The van der Waals surface area contributed by atoms with Crippen LogP contribution in [0.2, 0.25) is 0 Å². The van der Waals surface area contributed by atoms with Crippen molar-refractivity contribution in [3.05, 3.63) is 0 Å². The highest BCUT2D eigenvalue weighted by Crippen LogP contribution is 2.41. The number of hydrogen-bond donors (Lipinski definition) is 0. The van der Waals surface area contributed by atoms with E-state index in [9.17, 15) is 4.79 Å². The van der Waals surface area contributed by atoms with Crippen LogP contribution in [0, 0.1) is 0 Å². The Labute approximate surface area is 78.4 Å². The van der Waals surface area contributed by atoms with Gasteiger partial charge in [0.2, 0.25) is 5.79 Å². The van der Waals surface area contributed by atoms with Gasteiger partial charge in [-0.15, -0.1) is 0 Å². The van der Waals surface area contributed by atoms with Crippen LogP contribution in [0.4, 0.5) is 0 Å². The Hall–Kier alpha value is -0.570. The molecule has 0 aromatic carbocycles. The van der Waals surface area contributed by atoms with Gasteiger partial charge in [-0.2, -0.15) is 0 Å². The zero-order chi connectivity index (χ0) is 9.53. The summed E-state index contributed by atoms with van der Waals surface area (Å²) in [6, 6.07) is 0. The SMILES string of the molecule is CC1(C)CC(=O)OC2(CCCC2)O1. The summed E-state index contributed by atoms with van der Waals surface area (Å²) in [6.07, 6.45) is 4.30. The van der Waals surface area contributed by atoms with Gasteiger partial charge < -0.3 is 9.47 Å². The van der Waals surface area contributed by atoms with Crippen LogP contribution in [-0.2, 0) is 14.3 Å². The molecule has 1 spiro atoms. The molecule has 0 unspecified atom stereocenters. The molecule has 0 radical (unpaired) electrons. The molecule has 0 aromatic rings. The Morgan fingerprint density at radius 1 is 1.23 bits per heavy atom. The molecule has 2 rings (SSSR count). The van der Waals surface area contributed by atoms with E-state index in [4.69, 9.17) is 9.47 Å². The van der Waals surface area contributed by atoms with Crippen molar-refractivity contribution in [2.24, 2.45) is 0 Å². The molecule has 74 valence electrons. The first-order valence-electron chi connectivity index (χ1n) is 4.93. The normalized spacial score (nSPS) is 30.5. The number of ether oxygens (including phenoxy) is 2. The fourth-order valence-electron chi connectivity index (χ4n) is 2.27. The Kier molecular flexibility index (Phi) is 1.88. The number of esters is 1. The third-order valence-electron chi connectivity index (χ3n) is 2.70. The molecule has 1 heterocycles. The van der Waals surface area contributed by atoms with E-state index < -0.39 is 5.79 Å². The maximum absolute atomic E-state index is 11.3. The van der Waals surface area contributed by atoms with Crippen molar-refractivity contribution in [2.75, 3.05) is 0 Å². The van der Waals surface area contributed by atoms with E-state index in [-0.39, 0.29) is 11.6 Å². The highest BCUT2D eigenvalue weighted by atomic mass is 16.7. The van der Waals surface area contributed by atoms with Crippen molar-refractivity contribution < 1.29 is 14.3 Å². The second kappa shape index (κ2) is 2.71. The monoisotopic (exact) mass is 184 g/mol. The fraction of sp³-hybridized carbons (Fsp3) is 0.900. The van der Waals surface area contributed by atoms with Gasteiger partial charge in [0.1, 0.15) is 0 Å². The summed E-state index contributed by atoms with van der Waals surface area (Å²) in [4.78, 5) is 11.3. The maximum Gasteiger partial charge on any atom is 0.311 e. The Morgan fingerprint density at radius 3 is 2.38 bits per heavy atom. The molecular weight excluding hydrogens is 168 g/mol. The van der Waals surface area contributed by atoms with E-state index in [0.717, 1.165) is 25.7 Å². The zero-order valence-electron chi connectivity index (χ0n) is 8.26. The van der Waals surface area contributed by atoms with Crippen LogP contribution >= 0.6 is 0 Å². The second-order valence-corrected chi connectivity index (χ2v) is 4.63. The Balaban J connectivity index is 2.17. The molecule has 3 heteroatoms. The molecule has 0 amide bonds. The first kappa shape index (κ1) is 9.00. The van der Waals surface area contributed by atoms with Gasteiger partial charge in [-0.3, -0.25) is 4.79 Å². The number of rotatable bonds is 0. The summed E-state index contributed by atoms with van der Waals surface area (Å²) in [5.41, 5.74) is -0.348. The maximum atomic E-state index is 11.3. The number of carbonyl (C=O) groups excluding carboxylic acids is 1. The fourth-order valence-corrected chi connectivity index (χ4v) is 2.27. The van der Waals surface area contributed by atoms with E-state index in [1.54, 1.807) is 0 Å². The topological polar surface area (TPSA) is 35.5 Å². The van der Waals surface area contributed by atoms with Crippen LogP contribution < -0.4 is 0 Å². The van der Waals surface area contributed by atoms with Crippen molar-refractivity contribution in [3.63, 3.8) is 0 Å². The van der Waals surface area contributed by atoms with Crippen molar-refractivity contribution in [3.8, 4) is 0 Å². The molecule has 1 saturated heterocycles. The summed E-state index contributed by atoms with van der Waals surface area (Å²) in [5.74, 6) is -0.683. The van der Waals surface area contributed by atoms with Gasteiger partial charge in [0, 0.05) is 12.8 Å². The van der Waals surface area contributed by atoms with Gasteiger partial charge in [0.25, 0.3) is 0 Å². The molecule has 1 aliphatic heterocycles. The van der Waals surface area contributed by atoms with Gasteiger partial charge in [0.05, 0.1) is 12.0 Å². The van der Waals surface area contributed by atoms with Gasteiger partial charge >= 0.3 is 5.97 Å². The number of hydrogen-bond acceptors (Lipinski definition) is 3. The quantitative estimate of drug-likeness (QED) is 0.540. The molecule has 2 fully saturated rings. The molecule has 0 atom stereocenters. The van der Waals surface area contributed by atoms with Gasteiger partial charge in [0.15, 0.2) is 0 Å². The average Bonchev–Trinajstić information content (AvgIpc) is 2.31. The van der Waals surface area contributed by atoms with Crippen LogP contribution in [-0.4, -0.2) is 17.4 Å². The summed E-state index contributed by atoms with van der Waals surface area (Å²) in [6.45, 7) is 3.90. The van der Waals surface area contributed by atoms with Crippen molar-refractivity contribution in [1.82, 2.24) is 0 Å². The first-order chi connectivity index (χ1) is 6.02. The van der Waals surface area contributed by atoms with Gasteiger partial charge in [-0.05, 0) is 26.7 Å². The second-order valence-electron chi connectivity index (χ2n) is 4.63. The minimum atomic E-state index is -0.571. The molecule has 0 bridgehead atoms. The predicted octanol–water partition coefficient (Wildman–Crippen LogP) is 2.00. The van der Waals surface area contributed by atoms with Crippen LogP contribution in [0.25, 0.3) is 0 Å². The van der Waals surface area contributed by atoms with Crippen molar-refractivity contribution >= 4 is 5.97 Å². The molecule has 1 aliphatic carbocycles. The van der Waals surface area contributed by atoms with Gasteiger partial charge in [-0.1, -0.05) is 0 Å². The minimum absolute atomic E-state index is 0.113. The summed E-state index contributed by atoms with van der Waals surface area (Å²) >= 11 is 0. The lowest BCUT2D eigenvalue weighted by atomic mass is 10.0. The molecule has 1 saturated carbocycles. The Bertz CT molecular complexity index is 226. The largest absolute Gasteiger partial charge is 0.433 e. The lowest BCUT2D eigenvalue weighted by molar-refractivity contribution is -0.293. The van der Waals surface area contributed by atoms with Crippen LogP contribution in [0.5, 0.6) is 0 Å². The molecule has 0 aromatic heterocycles. The van der Waals surface area contributed by atoms with Gasteiger partial charge in [-0.25, -0.2) is 0 Å². The minimum Gasteiger partial charge on any atom is -0.433 e. The zero-order valence-corrected chi connectivity index (χ0v) is 8.26. The highest BCUT2D eigenvalue weighted by Gasteiger charge is 2.47. The summed E-state index contributed by atoms with van der Waals surface area (Å²) < 4.78 is 11.2.